The maximum absolute atomic E-state index is 12.1. The molecule has 4 heteroatoms. The molecule has 0 aromatic heterocycles. The summed E-state index contributed by atoms with van der Waals surface area (Å²) in [5, 5.41) is 0. The van der Waals surface area contributed by atoms with Crippen LogP contribution in [-0.2, 0) is 0 Å². The van der Waals surface area contributed by atoms with Crippen molar-refractivity contribution >= 4 is 11.9 Å². The zero-order valence-corrected chi connectivity index (χ0v) is 11.4. The maximum Gasteiger partial charge on any atom is 0.346 e. The van der Waals surface area contributed by atoms with Gasteiger partial charge in [-0.2, -0.15) is 4.99 Å². The minimum atomic E-state index is -0.231. The summed E-state index contributed by atoms with van der Waals surface area (Å²) >= 11 is 0. The van der Waals surface area contributed by atoms with Crippen LogP contribution in [0, 0.1) is 11.8 Å². The van der Waals surface area contributed by atoms with E-state index in [1.807, 2.05) is 4.90 Å². The Morgan fingerprint density at radius 3 is 2.72 bits per heavy atom. The molecule has 2 aliphatic carbocycles. The number of amides is 2. The van der Waals surface area contributed by atoms with E-state index in [2.05, 4.69) is 18.8 Å². The zero-order valence-electron chi connectivity index (χ0n) is 11.4. The largest absolute Gasteiger partial charge is 0.385 e. The summed E-state index contributed by atoms with van der Waals surface area (Å²) in [5.41, 5.74) is 5.91. The molecule has 4 nitrogen and oxygen atoms in total. The molecule has 2 atom stereocenters. The molecule has 2 unspecified atom stereocenters. The van der Waals surface area contributed by atoms with Gasteiger partial charge in [-0.3, -0.25) is 0 Å². The molecule has 2 N–H and O–H groups in total. The Morgan fingerprint density at radius 1 is 1.39 bits per heavy atom. The van der Waals surface area contributed by atoms with Crippen molar-refractivity contribution in [2.75, 3.05) is 0 Å². The molecule has 1 aliphatic heterocycles. The summed E-state index contributed by atoms with van der Waals surface area (Å²) in [4.78, 5) is 18.2. The molecule has 2 saturated carbocycles. The van der Waals surface area contributed by atoms with Crippen LogP contribution in [0.25, 0.3) is 0 Å². The van der Waals surface area contributed by atoms with E-state index >= 15 is 0 Å². The molecule has 18 heavy (non-hydrogen) atoms. The van der Waals surface area contributed by atoms with Gasteiger partial charge in [-0.1, -0.05) is 26.7 Å². The average molecular weight is 249 g/mol. The summed E-state index contributed by atoms with van der Waals surface area (Å²) in [6.45, 7) is 4.55. The van der Waals surface area contributed by atoms with Crippen LogP contribution in [0.2, 0.25) is 0 Å². The minimum Gasteiger partial charge on any atom is -0.385 e. The lowest BCUT2D eigenvalue weighted by Gasteiger charge is -2.45. The van der Waals surface area contributed by atoms with Crippen LogP contribution in [-0.4, -0.2) is 28.3 Å². The van der Waals surface area contributed by atoms with E-state index in [-0.39, 0.29) is 11.6 Å². The van der Waals surface area contributed by atoms with Crippen LogP contribution in [0.5, 0.6) is 0 Å². The Hall–Kier alpha value is -1.06. The predicted octanol–water partition coefficient (Wildman–Crippen LogP) is 2.53. The van der Waals surface area contributed by atoms with Crippen molar-refractivity contribution in [2.45, 2.75) is 64.0 Å². The molecule has 0 aromatic carbocycles. The number of carbonyl (C=O) groups is 1. The first-order valence-electron chi connectivity index (χ1n) is 7.22. The van der Waals surface area contributed by atoms with Crippen molar-refractivity contribution < 1.29 is 4.79 Å². The number of urea groups is 1. The van der Waals surface area contributed by atoms with Gasteiger partial charge in [-0.15, -0.1) is 0 Å². The molecule has 0 aromatic rings. The van der Waals surface area contributed by atoms with Crippen LogP contribution in [0.3, 0.4) is 0 Å². The van der Waals surface area contributed by atoms with Gasteiger partial charge in [0.2, 0.25) is 0 Å². The summed E-state index contributed by atoms with van der Waals surface area (Å²) in [7, 11) is 0. The molecule has 100 valence electrons. The molecule has 0 saturated heterocycles. The third kappa shape index (κ3) is 1.65. The summed E-state index contributed by atoms with van der Waals surface area (Å²) < 4.78 is 0. The Morgan fingerprint density at radius 2 is 2.11 bits per heavy atom. The maximum atomic E-state index is 12.1. The zero-order chi connectivity index (χ0) is 12.9. The van der Waals surface area contributed by atoms with Gasteiger partial charge in [0.25, 0.3) is 0 Å². The first-order chi connectivity index (χ1) is 8.54. The van der Waals surface area contributed by atoms with Gasteiger partial charge < -0.3 is 10.6 Å². The average Bonchev–Trinajstić information content (AvgIpc) is 3.10. The third-order valence-electron chi connectivity index (χ3n) is 4.98. The van der Waals surface area contributed by atoms with Crippen molar-refractivity contribution in [1.82, 2.24) is 4.90 Å². The Kier molecular flexibility index (Phi) is 2.65. The van der Waals surface area contributed by atoms with Gasteiger partial charge in [0.05, 0.1) is 0 Å². The van der Waals surface area contributed by atoms with Gasteiger partial charge in [-0.05, 0) is 37.5 Å². The summed E-state index contributed by atoms with van der Waals surface area (Å²) in [6.07, 6.45) is 6.70. The highest BCUT2D eigenvalue weighted by Gasteiger charge is 2.55. The van der Waals surface area contributed by atoms with Gasteiger partial charge in [0.15, 0.2) is 0 Å². The number of carbonyl (C=O) groups excluding carboxylic acids is 1. The molecule has 2 amide bonds. The molecule has 0 radical (unpaired) electrons. The quantitative estimate of drug-likeness (QED) is 0.817. The first kappa shape index (κ1) is 12.0. The fraction of sp³-hybridized carbons (Fsp3) is 0.857. The fourth-order valence-corrected chi connectivity index (χ4v) is 3.72. The van der Waals surface area contributed by atoms with Crippen molar-refractivity contribution in [3.63, 3.8) is 0 Å². The third-order valence-corrected chi connectivity index (χ3v) is 4.98. The minimum absolute atomic E-state index is 0.0839. The number of rotatable bonds is 2. The summed E-state index contributed by atoms with van der Waals surface area (Å²) in [5.74, 6) is 1.91. The second kappa shape index (κ2) is 3.97. The second-order valence-corrected chi connectivity index (χ2v) is 6.51. The molecule has 1 spiro atoms. The van der Waals surface area contributed by atoms with Crippen molar-refractivity contribution in [3.05, 3.63) is 0 Å². The Labute approximate surface area is 109 Å². The lowest BCUT2D eigenvalue weighted by molar-refractivity contribution is 0.100. The topological polar surface area (TPSA) is 58.7 Å². The van der Waals surface area contributed by atoms with Crippen LogP contribution in [0.15, 0.2) is 4.99 Å². The molecular weight excluding hydrogens is 226 g/mol. The lowest BCUT2D eigenvalue weighted by atomic mass is 9.70. The van der Waals surface area contributed by atoms with Gasteiger partial charge in [-0.25, -0.2) is 4.79 Å². The van der Waals surface area contributed by atoms with Gasteiger partial charge in [0, 0.05) is 6.04 Å². The van der Waals surface area contributed by atoms with E-state index in [9.17, 15) is 4.79 Å². The number of nitrogens with two attached hydrogens (primary N) is 1. The second-order valence-electron chi connectivity index (χ2n) is 6.51. The number of aliphatic imine (C=N–C) groups is 1. The van der Waals surface area contributed by atoms with E-state index in [1.54, 1.807) is 0 Å². The first-order valence-corrected chi connectivity index (χ1v) is 7.22. The molecule has 0 bridgehead atoms. The Balaban J connectivity index is 1.90. The number of nitrogens with zero attached hydrogens (tertiary/aromatic N) is 2. The standard InChI is InChI=1S/C14H23N3O/c1-9(2)10-4-3-7-14(8-10)12(15)16-13(18)17(14)11-5-6-11/h9-11H,3-8H2,1-2H3,(H2,15,16,18). The van der Waals surface area contributed by atoms with Gasteiger partial charge in [0.1, 0.15) is 11.4 Å². The number of hydrogen-bond donors (Lipinski definition) is 1. The van der Waals surface area contributed by atoms with Crippen LogP contribution in [0.4, 0.5) is 4.79 Å². The highest BCUT2D eigenvalue weighted by atomic mass is 16.2. The molecule has 2 fully saturated rings. The number of amidine groups is 1. The molecule has 3 rings (SSSR count). The monoisotopic (exact) mass is 249 g/mol. The molecular formula is C14H23N3O. The van der Waals surface area contributed by atoms with E-state index in [0.29, 0.717) is 23.7 Å². The molecule has 1 heterocycles. The normalized spacial score (nSPS) is 36.6. The van der Waals surface area contributed by atoms with Crippen molar-refractivity contribution in [3.8, 4) is 0 Å². The lowest BCUT2D eigenvalue weighted by Crippen LogP contribution is -2.57. The van der Waals surface area contributed by atoms with Crippen molar-refractivity contribution in [2.24, 2.45) is 22.6 Å². The van der Waals surface area contributed by atoms with E-state index in [0.717, 1.165) is 32.1 Å². The smallest absolute Gasteiger partial charge is 0.346 e. The highest BCUT2D eigenvalue weighted by Crippen LogP contribution is 2.47. The highest BCUT2D eigenvalue weighted by molar-refractivity contribution is 6.06. The van der Waals surface area contributed by atoms with E-state index < -0.39 is 0 Å². The molecule has 3 aliphatic rings. The van der Waals surface area contributed by atoms with Crippen LogP contribution in [0.1, 0.15) is 52.4 Å². The van der Waals surface area contributed by atoms with Crippen molar-refractivity contribution in [1.29, 1.82) is 0 Å². The predicted molar refractivity (Wildman–Crippen MR) is 71.4 cm³/mol. The SMILES string of the molecule is CC(C)C1CCCC2(C1)C(N)=NC(=O)N2C1CC1. The summed E-state index contributed by atoms with van der Waals surface area (Å²) in [6, 6.07) is 0.326. The Bertz CT molecular complexity index is 400. The van der Waals surface area contributed by atoms with E-state index in [4.69, 9.17) is 5.73 Å². The van der Waals surface area contributed by atoms with Crippen LogP contribution >= 0.6 is 0 Å². The van der Waals surface area contributed by atoms with E-state index in [1.165, 1.54) is 6.42 Å². The van der Waals surface area contributed by atoms with Crippen LogP contribution < -0.4 is 5.73 Å². The number of hydrogen-bond acceptors (Lipinski definition) is 2. The van der Waals surface area contributed by atoms with Gasteiger partial charge >= 0.3 is 6.03 Å². The fourth-order valence-electron chi connectivity index (χ4n) is 3.72.